The van der Waals surface area contributed by atoms with Crippen LogP contribution in [0.15, 0.2) is 12.1 Å². The minimum Gasteiger partial charge on any atom is -0.198 e. The van der Waals surface area contributed by atoms with Crippen LogP contribution in [0.4, 0.5) is 0 Å². The van der Waals surface area contributed by atoms with Crippen LogP contribution < -0.4 is 4.68 Å². The van der Waals surface area contributed by atoms with Gasteiger partial charge in [-0.2, -0.15) is 10.1 Å². The smallest absolute Gasteiger partial charge is 0.198 e. The van der Waals surface area contributed by atoms with Gasteiger partial charge < -0.3 is 0 Å². The van der Waals surface area contributed by atoms with Crippen LogP contribution in [0.25, 0.3) is 0 Å². The highest BCUT2D eigenvalue weighted by Crippen LogP contribution is 2.00. The number of nitro groups is 1. The predicted molar refractivity (Wildman–Crippen MR) is 43.2 cm³/mol. The van der Waals surface area contributed by atoms with Gasteiger partial charge in [0.05, 0.1) is 0 Å². The van der Waals surface area contributed by atoms with Crippen molar-refractivity contribution in [2.24, 2.45) is 0 Å². The van der Waals surface area contributed by atoms with Crippen LogP contribution in [0.2, 0.25) is 0 Å². The topological polar surface area (TPSA) is 47.0 Å². The van der Waals surface area contributed by atoms with Crippen LogP contribution in [0.1, 0.15) is 17.0 Å². The first-order chi connectivity index (χ1) is 5.52. The Labute approximate surface area is 70.6 Å². The number of aromatic nitrogens is 1. The molecule has 1 aromatic heterocycles. The lowest BCUT2D eigenvalue weighted by molar-refractivity contribution is -1.20. The second-order valence-corrected chi connectivity index (χ2v) is 2.87. The van der Waals surface area contributed by atoms with E-state index in [9.17, 15) is 10.1 Å². The van der Waals surface area contributed by atoms with Gasteiger partial charge in [0, 0.05) is 26.0 Å². The molecule has 0 bridgehead atoms. The van der Waals surface area contributed by atoms with Crippen LogP contribution in [0.3, 0.4) is 0 Å². The summed E-state index contributed by atoms with van der Waals surface area (Å²) in [5.74, 6) is 0. The molecule has 12 heavy (non-hydrogen) atoms. The Morgan fingerprint density at radius 1 is 1.25 bits per heavy atom. The van der Waals surface area contributed by atoms with Gasteiger partial charge in [0.1, 0.15) is 4.68 Å². The summed E-state index contributed by atoms with van der Waals surface area (Å²) in [6, 6.07) is 3.58. The SMILES string of the molecule is Cc1cc(C)[n+]([N+](=O)[O-])c(C)c1. The Bertz CT molecular complexity index is 311. The average Bonchev–Trinajstić information content (AvgIpc) is 1.82. The van der Waals surface area contributed by atoms with Crippen LogP contribution in [-0.4, -0.2) is 5.03 Å². The molecule has 0 saturated heterocycles. The lowest BCUT2D eigenvalue weighted by Gasteiger charge is -1.93. The fourth-order valence-electron chi connectivity index (χ4n) is 1.36. The summed E-state index contributed by atoms with van der Waals surface area (Å²) < 4.78 is 1.08. The molecule has 1 heterocycles. The lowest BCUT2D eigenvalue weighted by atomic mass is 10.2. The van der Waals surface area contributed by atoms with Crippen molar-refractivity contribution in [3.05, 3.63) is 39.2 Å². The summed E-state index contributed by atoms with van der Waals surface area (Å²) in [5, 5.41) is 10.1. The first-order valence-corrected chi connectivity index (χ1v) is 3.67. The normalized spacial score (nSPS) is 9.92. The van der Waals surface area contributed by atoms with E-state index in [1.807, 2.05) is 6.92 Å². The zero-order chi connectivity index (χ0) is 9.30. The van der Waals surface area contributed by atoms with E-state index in [2.05, 4.69) is 0 Å². The van der Waals surface area contributed by atoms with Gasteiger partial charge in [0.15, 0.2) is 0 Å². The number of aryl methyl sites for hydroxylation is 3. The Hall–Kier alpha value is -1.45. The van der Waals surface area contributed by atoms with Crippen molar-refractivity contribution in [3.8, 4) is 0 Å². The first kappa shape index (κ1) is 8.64. The second kappa shape index (κ2) is 2.89. The maximum Gasteiger partial charge on any atom is 0.328 e. The largest absolute Gasteiger partial charge is 0.328 e. The van der Waals surface area contributed by atoms with Crippen molar-refractivity contribution in [3.63, 3.8) is 0 Å². The Kier molecular flexibility index (Phi) is 2.08. The molecule has 4 heteroatoms. The Balaban J connectivity index is 3.38. The standard InChI is InChI=1S/C8H11N2O2/c1-6-4-7(2)9(10(11)12)8(3)5-6/h4-5H,1-3H3/q+1. The van der Waals surface area contributed by atoms with E-state index < -0.39 is 5.03 Å². The van der Waals surface area contributed by atoms with E-state index in [-0.39, 0.29) is 0 Å². The molecule has 0 fully saturated rings. The van der Waals surface area contributed by atoms with Crippen molar-refractivity contribution in [1.82, 2.24) is 0 Å². The quantitative estimate of drug-likeness (QED) is 0.355. The number of hydrogen-bond donors (Lipinski definition) is 0. The Morgan fingerprint density at radius 3 is 2.00 bits per heavy atom. The van der Waals surface area contributed by atoms with Crippen molar-refractivity contribution < 1.29 is 9.71 Å². The molecule has 0 aliphatic carbocycles. The Morgan fingerprint density at radius 2 is 1.67 bits per heavy atom. The van der Waals surface area contributed by atoms with E-state index in [1.54, 1.807) is 26.0 Å². The zero-order valence-electron chi connectivity index (χ0n) is 7.37. The summed E-state index contributed by atoms with van der Waals surface area (Å²) in [4.78, 5) is 10.5. The lowest BCUT2D eigenvalue weighted by Crippen LogP contribution is -2.47. The molecule has 0 saturated carbocycles. The summed E-state index contributed by atoms with van der Waals surface area (Å²) in [6.07, 6.45) is 0. The molecule has 0 spiro atoms. The molecule has 0 atom stereocenters. The summed E-state index contributed by atoms with van der Waals surface area (Å²) in [6.45, 7) is 5.37. The molecule has 1 aromatic rings. The third-order valence-corrected chi connectivity index (χ3v) is 1.70. The number of hydrogen-bond acceptors (Lipinski definition) is 2. The van der Waals surface area contributed by atoms with Crippen LogP contribution in [-0.2, 0) is 0 Å². The summed E-state index contributed by atoms with van der Waals surface area (Å²) in [7, 11) is 0. The van der Waals surface area contributed by atoms with Gasteiger partial charge in [0.25, 0.3) is 11.4 Å². The van der Waals surface area contributed by atoms with Gasteiger partial charge in [-0.15, -0.1) is 0 Å². The van der Waals surface area contributed by atoms with Crippen molar-refractivity contribution >= 4 is 0 Å². The van der Waals surface area contributed by atoms with Crippen molar-refractivity contribution in [2.75, 3.05) is 0 Å². The zero-order valence-corrected chi connectivity index (χ0v) is 7.37. The van der Waals surface area contributed by atoms with Crippen LogP contribution in [0, 0.1) is 30.9 Å². The maximum absolute atomic E-state index is 10.5. The van der Waals surface area contributed by atoms with Gasteiger partial charge in [-0.25, -0.2) is 0 Å². The number of nitrogens with zero attached hydrogens (tertiary/aromatic N) is 2. The molecular weight excluding hydrogens is 156 g/mol. The molecule has 0 radical (unpaired) electrons. The molecule has 0 amide bonds. The maximum atomic E-state index is 10.5. The first-order valence-electron chi connectivity index (χ1n) is 3.67. The van der Waals surface area contributed by atoms with Gasteiger partial charge in [-0.1, -0.05) is 0 Å². The third kappa shape index (κ3) is 1.42. The molecule has 0 aliphatic rings. The fourth-order valence-corrected chi connectivity index (χ4v) is 1.36. The fraction of sp³-hybridized carbons (Fsp3) is 0.375. The molecular formula is C8H11N2O2+. The highest BCUT2D eigenvalue weighted by atomic mass is 16.7. The van der Waals surface area contributed by atoms with Crippen LogP contribution >= 0.6 is 0 Å². The van der Waals surface area contributed by atoms with E-state index >= 15 is 0 Å². The minimum absolute atomic E-state index is 0.413. The van der Waals surface area contributed by atoms with Gasteiger partial charge >= 0.3 is 5.03 Å². The highest BCUT2D eigenvalue weighted by Gasteiger charge is 2.21. The highest BCUT2D eigenvalue weighted by molar-refractivity contribution is 5.13. The predicted octanol–water partition coefficient (Wildman–Crippen LogP) is 0.939. The number of rotatable bonds is 1. The van der Waals surface area contributed by atoms with Gasteiger partial charge in [0.2, 0.25) is 0 Å². The molecule has 0 aromatic carbocycles. The van der Waals surface area contributed by atoms with E-state index in [1.165, 1.54) is 0 Å². The average molecular weight is 167 g/mol. The molecule has 4 nitrogen and oxygen atoms in total. The summed E-state index contributed by atoms with van der Waals surface area (Å²) in [5.41, 5.74) is 2.35. The van der Waals surface area contributed by atoms with E-state index in [0.29, 0.717) is 11.4 Å². The van der Waals surface area contributed by atoms with E-state index in [4.69, 9.17) is 0 Å². The summed E-state index contributed by atoms with van der Waals surface area (Å²) >= 11 is 0. The third-order valence-electron chi connectivity index (χ3n) is 1.70. The molecule has 1 rings (SSSR count). The van der Waals surface area contributed by atoms with Crippen molar-refractivity contribution in [1.29, 1.82) is 0 Å². The van der Waals surface area contributed by atoms with Gasteiger partial charge in [-0.05, 0) is 12.5 Å². The molecule has 0 N–H and O–H groups in total. The van der Waals surface area contributed by atoms with Crippen LogP contribution in [0.5, 0.6) is 0 Å². The minimum atomic E-state index is -0.413. The second-order valence-electron chi connectivity index (χ2n) is 2.87. The molecule has 64 valence electrons. The number of pyridine rings is 1. The monoisotopic (exact) mass is 167 g/mol. The van der Waals surface area contributed by atoms with E-state index in [0.717, 1.165) is 10.2 Å². The molecule has 0 unspecified atom stereocenters. The van der Waals surface area contributed by atoms with Gasteiger partial charge in [-0.3, -0.25) is 0 Å². The molecule has 0 aliphatic heterocycles. The van der Waals surface area contributed by atoms with Crippen molar-refractivity contribution in [2.45, 2.75) is 20.8 Å².